The summed E-state index contributed by atoms with van der Waals surface area (Å²) in [5.41, 5.74) is 4.79. The van der Waals surface area contributed by atoms with E-state index in [4.69, 9.17) is 15.9 Å². The van der Waals surface area contributed by atoms with Crippen LogP contribution in [0.4, 0.5) is 0 Å². The zero-order valence-corrected chi connectivity index (χ0v) is 25.3. The number of hydrogen-bond acceptors (Lipinski definition) is 5. The molecule has 1 aromatic carbocycles. The number of hydrogen-bond donors (Lipinski definition) is 2. The number of phenolic OH excluding ortho intramolecular Hbond substituents is 1. The molecule has 218 valence electrons. The first-order valence-electron chi connectivity index (χ1n) is 15.3. The second kappa shape index (κ2) is 9.41. The van der Waals surface area contributed by atoms with Crippen molar-refractivity contribution in [2.75, 3.05) is 13.2 Å². The number of nitrogens with one attached hydrogen (secondary N) is 1. The van der Waals surface area contributed by atoms with Gasteiger partial charge >= 0.3 is 11.9 Å². The van der Waals surface area contributed by atoms with Gasteiger partial charge in [-0.3, -0.25) is 4.79 Å². The molecule has 2 fully saturated rings. The number of rotatable bonds is 5. The molecule has 2 N–H and O–H groups in total. The van der Waals surface area contributed by atoms with Crippen LogP contribution in [-0.2, 0) is 19.7 Å². The summed E-state index contributed by atoms with van der Waals surface area (Å²) < 4.78 is 11.0. The van der Waals surface area contributed by atoms with Gasteiger partial charge in [0.2, 0.25) is 0 Å². The number of phenols is 1. The van der Waals surface area contributed by atoms with Gasteiger partial charge in [-0.1, -0.05) is 44.8 Å². The van der Waals surface area contributed by atoms with Gasteiger partial charge in [-0.25, -0.2) is 4.79 Å². The molecule has 2 aromatic rings. The fourth-order valence-electron chi connectivity index (χ4n) is 10.1. The Hall–Kier alpha value is -3.20. The van der Waals surface area contributed by atoms with E-state index in [1.54, 1.807) is 6.07 Å². The minimum absolute atomic E-state index is 0.00733. The smallest absolute Gasteiger partial charge is 0.340 e. The Morgan fingerprint density at radius 1 is 1.20 bits per heavy atom. The minimum Gasteiger partial charge on any atom is -0.508 e. The molecule has 6 nitrogen and oxygen atoms in total. The summed E-state index contributed by atoms with van der Waals surface area (Å²) in [5.74, 6) is 3.10. The van der Waals surface area contributed by atoms with Crippen LogP contribution in [0.25, 0.3) is 10.9 Å². The predicted molar refractivity (Wildman–Crippen MR) is 159 cm³/mol. The van der Waals surface area contributed by atoms with Gasteiger partial charge in [0.05, 0.1) is 23.1 Å². The molecule has 1 spiro atoms. The number of aromatic hydroxyl groups is 1. The molecular weight excluding hydrogens is 514 g/mol. The molecular formula is C35H43NO5. The summed E-state index contributed by atoms with van der Waals surface area (Å²) in [4.78, 5) is 30.1. The van der Waals surface area contributed by atoms with Gasteiger partial charge in [0, 0.05) is 28.0 Å². The average Bonchev–Trinajstić information content (AvgIpc) is 3.26. The SMILES string of the molecule is C#CCOC(=O)C1(C)CCC[C@]2(C)[C@H]3C[C@H]4C(C(C)C)=C[C@]3(CC[C@@H]12)c1c4c(O)cc2c(C(=O)OCC)c(C)[nH]c12. The maximum atomic E-state index is 13.5. The Balaban J connectivity index is 1.57. The van der Waals surface area contributed by atoms with Crippen molar-refractivity contribution in [3.8, 4) is 18.1 Å². The minimum atomic E-state index is -0.580. The van der Waals surface area contributed by atoms with Crippen LogP contribution in [0.3, 0.4) is 0 Å². The summed E-state index contributed by atoms with van der Waals surface area (Å²) >= 11 is 0. The average molecular weight is 558 g/mol. The van der Waals surface area contributed by atoms with Crippen LogP contribution >= 0.6 is 0 Å². The van der Waals surface area contributed by atoms with Crippen molar-refractivity contribution in [1.29, 1.82) is 0 Å². The third-order valence-electron chi connectivity index (χ3n) is 11.6. The van der Waals surface area contributed by atoms with Gasteiger partial charge in [0.15, 0.2) is 6.61 Å². The fraction of sp³-hybridized carbons (Fsp3) is 0.600. The molecule has 1 unspecified atom stereocenters. The predicted octanol–water partition coefficient (Wildman–Crippen LogP) is 7.08. The second-order valence-electron chi connectivity index (χ2n) is 13.8. The third-order valence-corrected chi connectivity index (χ3v) is 11.6. The van der Waals surface area contributed by atoms with E-state index in [-0.39, 0.29) is 52.9 Å². The topological polar surface area (TPSA) is 88.6 Å². The molecule has 2 saturated carbocycles. The first-order chi connectivity index (χ1) is 19.4. The molecule has 5 aliphatic rings. The van der Waals surface area contributed by atoms with Crippen LogP contribution in [0.2, 0.25) is 0 Å². The molecule has 0 amide bonds. The van der Waals surface area contributed by atoms with Crippen LogP contribution < -0.4 is 0 Å². The molecule has 7 rings (SSSR count). The quantitative estimate of drug-likeness (QED) is 0.233. The van der Waals surface area contributed by atoms with Crippen LogP contribution in [0.1, 0.15) is 106 Å². The number of aryl methyl sites for hydroxylation is 1. The van der Waals surface area contributed by atoms with E-state index in [2.05, 4.69) is 44.7 Å². The van der Waals surface area contributed by atoms with E-state index in [0.29, 0.717) is 18.1 Å². The zero-order valence-electron chi connectivity index (χ0n) is 25.3. The van der Waals surface area contributed by atoms with Gasteiger partial charge in [-0.15, -0.1) is 6.42 Å². The molecule has 6 atom stereocenters. The van der Waals surface area contributed by atoms with Crippen molar-refractivity contribution in [3.05, 3.63) is 40.1 Å². The Morgan fingerprint density at radius 2 is 1.95 bits per heavy atom. The first-order valence-corrected chi connectivity index (χ1v) is 15.3. The highest BCUT2D eigenvalue weighted by atomic mass is 16.5. The van der Waals surface area contributed by atoms with E-state index < -0.39 is 5.41 Å². The Bertz CT molecular complexity index is 1520. The number of benzene rings is 1. The lowest BCUT2D eigenvalue weighted by molar-refractivity contribution is -0.176. The van der Waals surface area contributed by atoms with Gasteiger partial charge < -0.3 is 19.6 Å². The number of H-pyrrole nitrogens is 1. The van der Waals surface area contributed by atoms with Gasteiger partial charge in [-0.2, -0.15) is 0 Å². The highest BCUT2D eigenvalue weighted by Gasteiger charge is 2.66. The monoisotopic (exact) mass is 557 g/mol. The lowest BCUT2D eigenvalue weighted by atomic mass is 9.37. The zero-order chi connectivity index (χ0) is 29.5. The largest absolute Gasteiger partial charge is 0.508 e. The number of carbonyl (C=O) groups is 2. The van der Waals surface area contributed by atoms with Crippen LogP contribution in [-0.4, -0.2) is 35.2 Å². The summed E-state index contributed by atoms with van der Waals surface area (Å²) in [5, 5.41) is 12.4. The van der Waals surface area contributed by atoms with Crippen molar-refractivity contribution in [2.24, 2.45) is 28.6 Å². The van der Waals surface area contributed by atoms with E-state index in [1.165, 1.54) is 5.57 Å². The normalized spacial score (nSPS) is 33.4. The summed E-state index contributed by atoms with van der Waals surface area (Å²) in [6.45, 7) is 13.0. The van der Waals surface area contributed by atoms with Crippen LogP contribution in [0.15, 0.2) is 17.7 Å². The fourth-order valence-corrected chi connectivity index (χ4v) is 10.1. The Morgan fingerprint density at radius 3 is 2.63 bits per heavy atom. The first kappa shape index (κ1) is 27.9. The van der Waals surface area contributed by atoms with Crippen LogP contribution in [0.5, 0.6) is 5.75 Å². The van der Waals surface area contributed by atoms with E-state index >= 15 is 0 Å². The standard InChI is InChI=1S/C35H43NO5/c1-8-15-41-32(39)34(7)13-10-12-33(6)25(34)11-14-35-18-23(19(3)4)21(17-26(33)35)28-24(37)16-22-27(31(38)40-9-2)20(5)36-30(22)29(28)35/h1,16,18-19,21,25-26,36-37H,9-15,17H2,2-7H3/t21-,25+,26+,33-,34?,35-/m0/s1. The third kappa shape index (κ3) is 3.63. The molecule has 41 heavy (non-hydrogen) atoms. The lowest BCUT2D eigenvalue weighted by Crippen LogP contribution is -2.62. The molecule has 2 bridgehead atoms. The number of carbonyl (C=O) groups excluding carboxylic acids is 2. The van der Waals surface area contributed by atoms with Crippen molar-refractivity contribution in [2.45, 2.75) is 91.4 Å². The number of esters is 2. The number of aromatic amines is 1. The van der Waals surface area contributed by atoms with E-state index in [0.717, 1.165) is 66.2 Å². The molecule has 6 heteroatoms. The summed E-state index contributed by atoms with van der Waals surface area (Å²) in [6, 6.07) is 1.78. The summed E-state index contributed by atoms with van der Waals surface area (Å²) in [6.07, 6.45) is 13.5. The van der Waals surface area contributed by atoms with E-state index in [9.17, 15) is 14.7 Å². The number of ether oxygens (including phenoxy) is 2. The van der Waals surface area contributed by atoms with Gasteiger partial charge in [0.25, 0.3) is 0 Å². The molecule has 1 aromatic heterocycles. The van der Waals surface area contributed by atoms with Gasteiger partial charge in [0.1, 0.15) is 5.75 Å². The molecule has 0 radical (unpaired) electrons. The van der Waals surface area contributed by atoms with Crippen molar-refractivity contribution in [1.82, 2.24) is 4.98 Å². The Kier molecular flexibility index (Phi) is 6.41. The van der Waals surface area contributed by atoms with Crippen molar-refractivity contribution >= 4 is 22.8 Å². The highest BCUT2D eigenvalue weighted by molar-refractivity contribution is 6.07. The summed E-state index contributed by atoms with van der Waals surface area (Å²) in [7, 11) is 0. The maximum Gasteiger partial charge on any atom is 0.340 e. The number of fused-ring (bicyclic) bond motifs is 2. The lowest BCUT2D eigenvalue weighted by Gasteiger charge is -2.66. The highest BCUT2D eigenvalue weighted by Crippen LogP contribution is 2.73. The maximum absolute atomic E-state index is 13.5. The Labute approximate surface area is 243 Å². The van der Waals surface area contributed by atoms with Crippen molar-refractivity contribution < 1.29 is 24.2 Å². The molecule has 1 heterocycles. The number of allylic oxidation sites excluding steroid dienone is 2. The number of terminal acetylenes is 1. The van der Waals surface area contributed by atoms with Crippen molar-refractivity contribution in [3.63, 3.8) is 0 Å². The second-order valence-corrected chi connectivity index (χ2v) is 13.8. The van der Waals surface area contributed by atoms with Gasteiger partial charge in [-0.05, 0) is 87.7 Å². The molecule has 5 aliphatic carbocycles. The number of aromatic nitrogens is 1. The van der Waals surface area contributed by atoms with Crippen LogP contribution in [0, 0.1) is 47.9 Å². The molecule has 0 aliphatic heterocycles. The van der Waals surface area contributed by atoms with E-state index in [1.807, 2.05) is 13.8 Å². The molecule has 0 saturated heterocycles.